The molecule has 3 fully saturated rings. The fraction of sp³-hybridized carbons (Fsp3) is 0.400. The number of benzene rings is 4. The summed E-state index contributed by atoms with van der Waals surface area (Å²) < 4.78 is 33.1. The number of nitrogens with zero attached hydrogens (tertiary/aromatic N) is 6. The van der Waals surface area contributed by atoms with Gasteiger partial charge in [-0.25, -0.2) is 0 Å². The lowest BCUT2D eigenvalue weighted by Crippen LogP contribution is -2.49. The van der Waals surface area contributed by atoms with E-state index in [1.807, 2.05) is 69.3 Å². The number of rotatable bonds is 9. The standard InChI is InChI=1S/C45H48N6O9/c52-43(49-13-7-46(8-14-49)25-31-1-4-37-40(19-31)58-28-55-37)34-22-35(44(53)50-15-9-47(10-16-50)26-32-2-5-38-41(20-32)59-29-56-38)24-36(23-34)45(54)51-17-11-48(12-18-51)27-33-3-6-39-42(21-33)60-30-57-39/h1-6,19-24H,7-18,25-30H2. The number of carbonyl (C=O) groups excluding carboxylic acids is 3. The van der Waals surface area contributed by atoms with Crippen LogP contribution >= 0.6 is 0 Å². The van der Waals surface area contributed by atoms with Crippen molar-refractivity contribution in [2.24, 2.45) is 0 Å². The van der Waals surface area contributed by atoms with Crippen LogP contribution in [0.15, 0.2) is 72.8 Å². The van der Waals surface area contributed by atoms with Crippen LogP contribution in [0, 0.1) is 0 Å². The van der Waals surface area contributed by atoms with Gasteiger partial charge in [0, 0.05) is 115 Å². The van der Waals surface area contributed by atoms with E-state index in [0.29, 0.717) is 95.2 Å². The molecule has 0 aromatic heterocycles. The van der Waals surface area contributed by atoms with Gasteiger partial charge in [0.15, 0.2) is 34.5 Å². The Hall–Kier alpha value is -6.03. The van der Waals surface area contributed by atoms with Crippen LogP contribution in [0.25, 0.3) is 0 Å². The lowest BCUT2D eigenvalue weighted by molar-refractivity contribution is 0.0624. The molecule has 15 heteroatoms. The van der Waals surface area contributed by atoms with Gasteiger partial charge in [-0.1, -0.05) is 18.2 Å². The number of hydrogen-bond donors (Lipinski definition) is 0. The van der Waals surface area contributed by atoms with Crippen LogP contribution in [0.3, 0.4) is 0 Å². The highest BCUT2D eigenvalue weighted by atomic mass is 16.7. The van der Waals surface area contributed by atoms with E-state index in [0.717, 1.165) is 70.8 Å². The quantitative estimate of drug-likeness (QED) is 0.245. The van der Waals surface area contributed by atoms with Gasteiger partial charge < -0.3 is 43.1 Å². The molecule has 4 aromatic carbocycles. The number of fused-ring (bicyclic) bond motifs is 3. The number of amides is 3. The molecule has 0 radical (unpaired) electrons. The Labute approximate surface area is 348 Å². The number of ether oxygens (including phenoxy) is 6. The molecule has 0 aliphatic carbocycles. The van der Waals surface area contributed by atoms with Crippen molar-refractivity contribution < 1.29 is 42.8 Å². The topological polar surface area (TPSA) is 126 Å². The first kappa shape index (κ1) is 38.2. The first-order valence-corrected chi connectivity index (χ1v) is 20.7. The molecule has 3 saturated heterocycles. The van der Waals surface area contributed by atoms with Gasteiger partial charge in [-0.2, -0.15) is 0 Å². The maximum Gasteiger partial charge on any atom is 0.253 e. The Morgan fingerprint density at radius 3 is 0.900 bits per heavy atom. The maximum atomic E-state index is 14.2. The molecule has 0 saturated carbocycles. The van der Waals surface area contributed by atoms with Crippen LogP contribution < -0.4 is 28.4 Å². The third-order valence-electron chi connectivity index (χ3n) is 12.2. The van der Waals surface area contributed by atoms with Crippen molar-refractivity contribution in [3.8, 4) is 34.5 Å². The van der Waals surface area contributed by atoms with Crippen molar-refractivity contribution in [3.63, 3.8) is 0 Å². The van der Waals surface area contributed by atoms with E-state index in [4.69, 9.17) is 28.4 Å². The average molecular weight is 817 g/mol. The van der Waals surface area contributed by atoms with Crippen LogP contribution in [-0.4, -0.2) is 146 Å². The monoisotopic (exact) mass is 816 g/mol. The third-order valence-corrected chi connectivity index (χ3v) is 12.2. The van der Waals surface area contributed by atoms with E-state index in [9.17, 15) is 14.4 Å². The number of piperazine rings is 3. The molecule has 0 atom stereocenters. The van der Waals surface area contributed by atoms with Crippen LogP contribution in [0.4, 0.5) is 0 Å². The highest BCUT2D eigenvalue weighted by Crippen LogP contribution is 2.35. The van der Waals surface area contributed by atoms with Crippen LogP contribution in [-0.2, 0) is 19.6 Å². The number of carbonyl (C=O) groups is 3. The molecule has 3 amide bonds. The molecule has 312 valence electrons. The van der Waals surface area contributed by atoms with Crippen molar-refractivity contribution in [3.05, 3.63) is 106 Å². The van der Waals surface area contributed by atoms with E-state index < -0.39 is 0 Å². The zero-order valence-electron chi connectivity index (χ0n) is 33.5. The van der Waals surface area contributed by atoms with Gasteiger partial charge in [0.1, 0.15) is 0 Å². The van der Waals surface area contributed by atoms with Crippen LogP contribution in [0.2, 0.25) is 0 Å². The second-order valence-corrected chi connectivity index (χ2v) is 16.1. The molecular formula is C45H48N6O9. The molecule has 6 heterocycles. The zero-order valence-corrected chi connectivity index (χ0v) is 33.5. The van der Waals surface area contributed by atoms with Gasteiger partial charge >= 0.3 is 0 Å². The van der Waals surface area contributed by atoms with Crippen molar-refractivity contribution in [1.82, 2.24) is 29.4 Å². The first-order chi connectivity index (χ1) is 29.4. The molecule has 15 nitrogen and oxygen atoms in total. The smallest absolute Gasteiger partial charge is 0.253 e. The first-order valence-electron chi connectivity index (χ1n) is 20.7. The molecule has 0 N–H and O–H groups in total. The van der Waals surface area contributed by atoms with E-state index in [-0.39, 0.29) is 38.1 Å². The average Bonchev–Trinajstić information content (AvgIpc) is 4.08. The second-order valence-electron chi connectivity index (χ2n) is 16.1. The minimum absolute atomic E-state index is 0.177. The Morgan fingerprint density at radius 1 is 0.350 bits per heavy atom. The Bertz CT molecular complexity index is 2020. The van der Waals surface area contributed by atoms with Crippen molar-refractivity contribution >= 4 is 17.7 Å². The predicted molar refractivity (Wildman–Crippen MR) is 218 cm³/mol. The van der Waals surface area contributed by atoms with E-state index >= 15 is 0 Å². The summed E-state index contributed by atoms with van der Waals surface area (Å²) in [5.41, 5.74) is 4.44. The summed E-state index contributed by atoms with van der Waals surface area (Å²) in [5, 5.41) is 0. The predicted octanol–water partition coefficient (Wildman–Crippen LogP) is 3.75. The van der Waals surface area contributed by atoms with E-state index in [1.54, 1.807) is 18.2 Å². The lowest BCUT2D eigenvalue weighted by atomic mass is 10.0. The van der Waals surface area contributed by atoms with Crippen molar-refractivity contribution in [1.29, 1.82) is 0 Å². The molecule has 0 spiro atoms. The summed E-state index contributed by atoms with van der Waals surface area (Å²) in [6.45, 7) is 10.2. The molecule has 0 unspecified atom stereocenters. The maximum absolute atomic E-state index is 14.2. The fourth-order valence-corrected chi connectivity index (χ4v) is 8.77. The van der Waals surface area contributed by atoms with Gasteiger partial charge in [0.05, 0.1) is 0 Å². The SMILES string of the molecule is O=C(c1cc(C(=O)N2CCN(Cc3ccc4c(c3)OCO4)CC2)cc(C(=O)N2CCN(Cc3ccc4c(c3)OCO4)CC2)c1)N1CCN(Cc2ccc3c(c2)OCO3)CC1. The van der Waals surface area contributed by atoms with Gasteiger partial charge in [-0.05, 0) is 71.3 Å². The Kier molecular flexibility index (Phi) is 10.5. The van der Waals surface area contributed by atoms with Gasteiger partial charge in [0.2, 0.25) is 20.4 Å². The summed E-state index contributed by atoms with van der Waals surface area (Å²) in [5.74, 6) is 4.01. The molecule has 0 bridgehead atoms. The zero-order chi connectivity index (χ0) is 40.6. The highest BCUT2D eigenvalue weighted by molar-refractivity contribution is 6.04. The minimum atomic E-state index is -0.177. The minimum Gasteiger partial charge on any atom is -0.454 e. The van der Waals surface area contributed by atoms with Crippen molar-refractivity contribution in [2.75, 3.05) is 98.9 Å². The summed E-state index contributed by atoms with van der Waals surface area (Å²) in [7, 11) is 0. The van der Waals surface area contributed by atoms with E-state index in [1.165, 1.54) is 0 Å². The molecule has 4 aromatic rings. The van der Waals surface area contributed by atoms with Gasteiger partial charge in [0.25, 0.3) is 17.7 Å². The molecular weight excluding hydrogens is 769 g/mol. The summed E-state index contributed by atoms with van der Waals surface area (Å²) in [6, 6.07) is 23.0. The molecule has 10 rings (SSSR count). The largest absolute Gasteiger partial charge is 0.454 e. The van der Waals surface area contributed by atoms with E-state index in [2.05, 4.69) is 14.7 Å². The molecule has 60 heavy (non-hydrogen) atoms. The Morgan fingerprint density at radius 2 is 0.617 bits per heavy atom. The number of hydrogen-bond acceptors (Lipinski definition) is 12. The second kappa shape index (κ2) is 16.6. The summed E-state index contributed by atoms with van der Waals surface area (Å²) >= 11 is 0. The van der Waals surface area contributed by atoms with Gasteiger partial charge in [-0.3, -0.25) is 29.1 Å². The van der Waals surface area contributed by atoms with Crippen LogP contribution in [0.5, 0.6) is 34.5 Å². The van der Waals surface area contributed by atoms with Crippen LogP contribution in [0.1, 0.15) is 47.8 Å². The summed E-state index contributed by atoms with van der Waals surface area (Å²) in [6.07, 6.45) is 0. The van der Waals surface area contributed by atoms with Gasteiger partial charge in [-0.15, -0.1) is 0 Å². The third kappa shape index (κ3) is 8.12. The lowest BCUT2D eigenvalue weighted by Gasteiger charge is -2.36. The Balaban J connectivity index is 0.814. The molecule has 6 aliphatic rings. The van der Waals surface area contributed by atoms with Crippen molar-refractivity contribution in [2.45, 2.75) is 19.6 Å². The fourth-order valence-electron chi connectivity index (χ4n) is 8.77. The summed E-state index contributed by atoms with van der Waals surface area (Å²) in [4.78, 5) is 55.2. The normalized spacial score (nSPS) is 18.9. The highest BCUT2D eigenvalue weighted by Gasteiger charge is 2.30. The molecule has 6 aliphatic heterocycles.